The summed E-state index contributed by atoms with van der Waals surface area (Å²) in [6.07, 6.45) is 3.89. The predicted octanol–water partition coefficient (Wildman–Crippen LogP) is 1.27. The number of rotatable bonds is 2. The third kappa shape index (κ3) is 2.00. The Kier molecular flexibility index (Phi) is 2.81. The van der Waals surface area contributed by atoms with E-state index in [1.807, 2.05) is 17.5 Å². The maximum absolute atomic E-state index is 11.7. The molecular weight excluding hydrogens is 248 g/mol. The van der Waals surface area contributed by atoms with Crippen molar-refractivity contribution in [3.63, 3.8) is 0 Å². The number of pyridine rings is 1. The number of carbonyl (C=O) groups excluding carboxylic acids is 1. The normalized spacial score (nSPS) is 19.5. The summed E-state index contributed by atoms with van der Waals surface area (Å²) in [5, 5.41) is 2.65. The summed E-state index contributed by atoms with van der Waals surface area (Å²) in [5.41, 5.74) is 7.57. The highest BCUT2D eigenvalue weighted by molar-refractivity contribution is 7.14. The summed E-state index contributed by atoms with van der Waals surface area (Å²) < 4.78 is 0. The maximum Gasteiger partial charge on any atom is 0.230 e. The van der Waals surface area contributed by atoms with Gasteiger partial charge in [-0.3, -0.25) is 14.7 Å². The Morgan fingerprint density at radius 2 is 2.39 bits per heavy atom. The van der Waals surface area contributed by atoms with Crippen LogP contribution in [0.5, 0.6) is 0 Å². The van der Waals surface area contributed by atoms with Gasteiger partial charge < -0.3 is 5.73 Å². The second-order valence-corrected chi connectivity index (χ2v) is 5.06. The topological polar surface area (TPSA) is 72.1 Å². The first-order valence-electron chi connectivity index (χ1n) is 5.66. The molecule has 92 valence electrons. The molecule has 1 unspecified atom stereocenters. The molecule has 0 spiro atoms. The molecule has 1 aliphatic rings. The van der Waals surface area contributed by atoms with E-state index in [1.165, 1.54) is 11.3 Å². The van der Waals surface area contributed by atoms with E-state index in [2.05, 4.69) is 9.97 Å². The average Bonchev–Trinajstić information content (AvgIpc) is 2.97. The van der Waals surface area contributed by atoms with Crippen LogP contribution in [0.3, 0.4) is 0 Å². The fourth-order valence-corrected chi connectivity index (χ4v) is 2.82. The van der Waals surface area contributed by atoms with E-state index in [4.69, 9.17) is 5.73 Å². The van der Waals surface area contributed by atoms with E-state index in [0.29, 0.717) is 18.1 Å². The number of nitrogens with two attached hydrogens (primary N) is 1. The van der Waals surface area contributed by atoms with Crippen molar-refractivity contribution in [2.45, 2.75) is 12.5 Å². The third-order valence-corrected chi connectivity index (χ3v) is 3.70. The minimum absolute atomic E-state index is 0.0505. The highest BCUT2D eigenvalue weighted by Gasteiger charge is 2.29. The maximum atomic E-state index is 11.7. The van der Waals surface area contributed by atoms with Crippen LogP contribution in [-0.4, -0.2) is 28.5 Å². The van der Waals surface area contributed by atoms with Gasteiger partial charge in [0, 0.05) is 42.3 Å². The first-order chi connectivity index (χ1) is 8.74. The molecule has 1 fully saturated rings. The fourth-order valence-electron chi connectivity index (χ4n) is 1.96. The van der Waals surface area contributed by atoms with Crippen LogP contribution >= 0.6 is 11.3 Å². The molecule has 6 heteroatoms. The summed E-state index contributed by atoms with van der Waals surface area (Å²) in [5.74, 6) is 0.0505. The van der Waals surface area contributed by atoms with Crippen LogP contribution in [0.4, 0.5) is 5.13 Å². The first-order valence-corrected chi connectivity index (χ1v) is 6.54. The van der Waals surface area contributed by atoms with Crippen molar-refractivity contribution < 1.29 is 4.79 Å². The quantitative estimate of drug-likeness (QED) is 0.882. The van der Waals surface area contributed by atoms with Crippen molar-refractivity contribution in [3.05, 3.63) is 29.9 Å². The van der Waals surface area contributed by atoms with Crippen molar-refractivity contribution in [2.24, 2.45) is 5.73 Å². The van der Waals surface area contributed by atoms with Crippen LogP contribution in [-0.2, 0) is 4.79 Å². The number of amides is 1. The van der Waals surface area contributed by atoms with E-state index in [9.17, 15) is 4.79 Å². The van der Waals surface area contributed by atoms with Gasteiger partial charge in [-0.05, 0) is 12.1 Å². The molecule has 0 bridgehead atoms. The summed E-state index contributed by atoms with van der Waals surface area (Å²) in [7, 11) is 0. The summed E-state index contributed by atoms with van der Waals surface area (Å²) in [4.78, 5) is 21.9. The summed E-state index contributed by atoms with van der Waals surface area (Å²) in [6.45, 7) is 0.554. The van der Waals surface area contributed by atoms with Crippen LogP contribution in [0.15, 0.2) is 29.9 Å². The van der Waals surface area contributed by atoms with Crippen LogP contribution in [0.1, 0.15) is 6.42 Å². The highest BCUT2D eigenvalue weighted by atomic mass is 32.1. The standard InChI is InChI=1S/C12H12N4OS/c13-9-4-11(17)16(6-9)12-15-10(7-18-12)8-2-1-3-14-5-8/h1-3,5,7,9H,4,6,13H2. The Balaban J connectivity index is 1.88. The molecule has 3 heterocycles. The van der Waals surface area contributed by atoms with Gasteiger partial charge in [-0.25, -0.2) is 4.98 Å². The van der Waals surface area contributed by atoms with Crippen molar-refractivity contribution >= 4 is 22.4 Å². The van der Waals surface area contributed by atoms with Crippen molar-refractivity contribution in [3.8, 4) is 11.3 Å². The number of nitrogens with zero attached hydrogens (tertiary/aromatic N) is 3. The number of hydrogen-bond acceptors (Lipinski definition) is 5. The lowest BCUT2D eigenvalue weighted by molar-refractivity contribution is -0.117. The summed E-state index contributed by atoms with van der Waals surface area (Å²) in [6, 6.07) is 3.73. The number of aromatic nitrogens is 2. The van der Waals surface area contributed by atoms with Crippen LogP contribution in [0.25, 0.3) is 11.3 Å². The van der Waals surface area contributed by atoms with Crippen molar-refractivity contribution in [2.75, 3.05) is 11.4 Å². The predicted molar refractivity (Wildman–Crippen MR) is 70.3 cm³/mol. The molecule has 2 N–H and O–H groups in total. The van der Waals surface area contributed by atoms with Gasteiger partial charge in [0.15, 0.2) is 5.13 Å². The van der Waals surface area contributed by atoms with E-state index < -0.39 is 0 Å². The molecule has 2 aromatic rings. The Bertz CT molecular complexity index is 568. The molecule has 2 aromatic heterocycles. The van der Waals surface area contributed by atoms with Gasteiger partial charge in [0.05, 0.1) is 5.69 Å². The molecule has 1 amide bonds. The third-order valence-electron chi connectivity index (χ3n) is 2.84. The van der Waals surface area contributed by atoms with Crippen LogP contribution < -0.4 is 10.6 Å². The molecule has 3 rings (SSSR count). The van der Waals surface area contributed by atoms with Gasteiger partial charge >= 0.3 is 0 Å². The lowest BCUT2D eigenvalue weighted by Crippen LogP contribution is -2.27. The van der Waals surface area contributed by atoms with Crippen molar-refractivity contribution in [1.29, 1.82) is 0 Å². The van der Waals surface area contributed by atoms with Gasteiger partial charge in [0.1, 0.15) is 0 Å². The lowest BCUT2D eigenvalue weighted by atomic mass is 10.2. The second-order valence-electron chi connectivity index (χ2n) is 4.23. The zero-order valence-electron chi connectivity index (χ0n) is 9.61. The van der Waals surface area contributed by atoms with Crippen LogP contribution in [0.2, 0.25) is 0 Å². The highest BCUT2D eigenvalue weighted by Crippen LogP contribution is 2.29. The van der Waals surface area contributed by atoms with Crippen LogP contribution in [0, 0.1) is 0 Å². The number of carbonyl (C=O) groups is 1. The number of hydrogen-bond donors (Lipinski definition) is 1. The molecule has 0 saturated carbocycles. The summed E-state index contributed by atoms with van der Waals surface area (Å²) >= 11 is 1.46. The molecular formula is C12H12N4OS. The lowest BCUT2D eigenvalue weighted by Gasteiger charge is -2.11. The van der Waals surface area contributed by atoms with E-state index in [0.717, 1.165) is 11.3 Å². The number of anilines is 1. The monoisotopic (exact) mass is 260 g/mol. The zero-order chi connectivity index (χ0) is 12.5. The Hall–Kier alpha value is -1.79. The fraction of sp³-hybridized carbons (Fsp3) is 0.250. The van der Waals surface area contributed by atoms with E-state index >= 15 is 0 Å². The molecule has 1 atom stereocenters. The molecule has 0 radical (unpaired) electrons. The molecule has 0 aliphatic carbocycles. The Morgan fingerprint density at radius 1 is 1.50 bits per heavy atom. The molecule has 0 aromatic carbocycles. The molecule has 18 heavy (non-hydrogen) atoms. The number of thiazole rings is 1. The van der Waals surface area contributed by atoms with E-state index in [-0.39, 0.29) is 11.9 Å². The van der Waals surface area contributed by atoms with Gasteiger partial charge in [0.25, 0.3) is 0 Å². The van der Waals surface area contributed by atoms with E-state index in [1.54, 1.807) is 17.3 Å². The largest absolute Gasteiger partial charge is 0.326 e. The first kappa shape index (κ1) is 11.3. The van der Waals surface area contributed by atoms with Gasteiger partial charge in [-0.15, -0.1) is 11.3 Å². The average molecular weight is 260 g/mol. The van der Waals surface area contributed by atoms with Gasteiger partial charge in [0.2, 0.25) is 5.91 Å². The Labute approximate surface area is 108 Å². The molecule has 1 aliphatic heterocycles. The SMILES string of the molecule is NC1CC(=O)N(c2nc(-c3cccnc3)cs2)C1. The van der Waals surface area contributed by atoms with Gasteiger partial charge in [-0.2, -0.15) is 0 Å². The smallest absolute Gasteiger partial charge is 0.230 e. The van der Waals surface area contributed by atoms with Crippen molar-refractivity contribution in [1.82, 2.24) is 9.97 Å². The Morgan fingerprint density at radius 3 is 3.06 bits per heavy atom. The molecule has 1 saturated heterocycles. The second kappa shape index (κ2) is 4.47. The minimum atomic E-state index is -0.0803. The zero-order valence-corrected chi connectivity index (χ0v) is 10.4. The van der Waals surface area contributed by atoms with Gasteiger partial charge in [-0.1, -0.05) is 0 Å². The molecule has 5 nitrogen and oxygen atoms in total. The minimum Gasteiger partial charge on any atom is -0.326 e.